The molecule has 0 aliphatic carbocycles. The van der Waals surface area contributed by atoms with Gasteiger partial charge in [-0.25, -0.2) is 4.98 Å². The van der Waals surface area contributed by atoms with Gasteiger partial charge in [-0.1, -0.05) is 0 Å². The van der Waals surface area contributed by atoms with E-state index in [2.05, 4.69) is 10.1 Å². The number of aryl methyl sites for hydroxylation is 1. The Labute approximate surface area is 122 Å². The standard InChI is InChI=1S/C14H18N4OS/c1-2-18-10-12(8-16-18)14(19)17-6-3-4-11(9-17)13-15-5-7-20-13/h5,7-8,10-11H,2-4,6,9H2,1H3/t11-/m0/s1. The molecular weight excluding hydrogens is 272 g/mol. The van der Waals surface area contributed by atoms with E-state index in [4.69, 9.17) is 0 Å². The van der Waals surface area contributed by atoms with Gasteiger partial charge < -0.3 is 4.90 Å². The Bertz CT molecular complexity index is 578. The Kier molecular flexibility index (Phi) is 3.82. The van der Waals surface area contributed by atoms with E-state index in [1.807, 2.05) is 29.6 Å². The summed E-state index contributed by atoms with van der Waals surface area (Å²) < 4.78 is 1.79. The van der Waals surface area contributed by atoms with Crippen molar-refractivity contribution in [3.05, 3.63) is 34.5 Å². The molecule has 1 fully saturated rings. The number of nitrogens with zero attached hydrogens (tertiary/aromatic N) is 4. The van der Waals surface area contributed by atoms with E-state index in [1.165, 1.54) is 0 Å². The highest BCUT2D eigenvalue weighted by Gasteiger charge is 2.27. The fourth-order valence-electron chi connectivity index (χ4n) is 2.63. The maximum atomic E-state index is 12.5. The van der Waals surface area contributed by atoms with Crippen LogP contribution in [0.25, 0.3) is 0 Å². The molecule has 106 valence electrons. The second kappa shape index (κ2) is 5.75. The molecule has 0 aromatic carbocycles. The number of piperidine rings is 1. The molecule has 6 heteroatoms. The van der Waals surface area contributed by atoms with Gasteiger partial charge in [0.15, 0.2) is 0 Å². The second-order valence-corrected chi connectivity index (χ2v) is 5.97. The maximum Gasteiger partial charge on any atom is 0.257 e. The fraction of sp³-hybridized carbons (Fsp3) is 0.500. The first-order chi connectivity index (χ1) is 9.78. The van der Waals surface area contributed by atoms with Gasteiger partial charge in [0.25, 0.3) is 5.91 Å². The van der Waals surface area contributed by atoms with E-state index in [-0.39, 0.29) is 5.91 Å². The number of thiazole rings is 1. The fourth-order valence-corrected chi connectivity index (χ4v) is 3.40. The molecule has 1 atom stereocenters. The van der Waals surface area contributed by atoms with Crippen LogP contribution in [0.3, 0.4) is 0 Å². The predicted octanol–water partition coefficient (Wildman–Crippen LogP) is 2.38. The molecule has 20 heavy (non-hydrogen) atoms. The Morgan fingerprint density at radius 2 is 2.45 bits per heavy atom. The van der Waals surface area contributed by atoms with Crippen molar-refractivity contribution >= 4 is 17.2 Å². The summed E-state index contributed by atoms with van der Waals surface area (Å²) in [6.45, 7) is 4.40. The maximum absolute atomic E-state index is 12.5. The van der Waals surface area contributed by atoms with Crippen LogP contribution in [0.5, 0.6) is 0 Å². The normalized spacial score (nSPS) is 19.2. The molecule has 1 aliphatic heterocycles. The molecule has 1 amide bonds. The van der Waals surface area contributed by atoms with Crippen LogP contribution in [-0.4, -0.2) is 38.7 Å². The third-order valence-electron chi connectivity index (χ3n) is 3.71. The molecule has 2 aromatic heterocycles. The van der Waals surface area contributed by atoms with Crippen molar-refractivity contribution in [2.24, 2.45) is 0 Å². The molecule has 0 saturated carbocycles. The monoisotopic (exact) mass is 290 g/mol. The number of carbonyl (C=O) groups is 1. The second-order valence-electron chi connectivity index (χ2n) is 5.05. The topological polar surface area (TPSA) is 51.0 Å². The number of amides is 1. The lowest BCUT2D eigenvalue weighted by atomic mass is 9.98. The lowest BCUT2D eigenvalue weighted by Gasteiger charge is -2.31. The number of likely N-dealkylation sites (tertiary alicyclic amines) is 1. The van der Waals surface area contributed by atoms with Gasteiger partial charge in [-0.05, 0) is 19.8 Å². The zero-order chi connectivity index (χ0) is 13.9. The van der Waals surface area contributed by atoms with Gasteiger partial charge >= 0.3 is 0 Å². The summed E-state index contributed by atoms with van der Waals surface area (Å²) in [4.78, 5) is 18.8. The van der Waals surface area contributed by atoms with Gasteiger partial charge in [-0.15, -0.1) is 11.3 Å². The number of aromatic nitrogens is 3. The van der Waals surface area contributed by atoms with Crippen molar-refractivity contribution in [3.63, 3.8) is 0 Å². The van der Waals surface area contributed by atoms with Gasteiger partial charge in [0.2, 0.25) is 0 Å². The highest BCUT2D eigenvalue weighted by atomic mass is 32.1. The molecule has 0 unspecified atom stereocenters. The van der Waals surface area contributed by atoms with Crippen LogP contribution in [0.4, 0.5) is 0 Å². The first kappa shape index (κ1) is 13.3. The summed E-state index contributed by atoms with van der Waals surface area (Å²) >= 11 is 1.68. The highest BCUT2D eigenvalue weighted by molar-refractivity contribution is 7.09. The summed E-state index contributed by atoms with van der Waals surface area (Å²) in [5, 5.41) is 7.32. The van der Waals surface area contributed by atoms with E-state index in [0.717, 1.165) is 37.5 Å². The molecule has 1 saturated heterocycles. The third-order valence-corrected chi connectivity index (χ3v) is 4.65. The summed E-state index contributed by atoms with van der Waals surface area (Å²) in [6, 6.07) is 0. The minimum Gasteiger partial charge on any atom is -0.338 e. The molecule has 5 nitrogen and oxygen atoms in total. The average molecular weight is 290 g/mol. The van der Waals surface area contributed by atoms with Crippen molar-refractivity contribution in [2.75, 3.05) is 13.1 Å². The van der Waals surface area contributed by atoms with E-state index in [1.54, 1.807) is 22.2 Å². The predicted molar refractivity (Wildman–Crippen MR) is 77.9 cm³/mol. The smallest absolute Gasteiger partial charge is 0.257 e. The SMILES string of the molecule is CCn1cc(C(=O)N2CCC[C@H](c3nccs3)C2)cn1. The van der Waals surface area contributed by atoms with Crippen molar-refractivity contribution < 1.29 is 4.79 Å². The van der Waals surface area contributed by atoms with E-state index >= 15 is 0 Å². The van der Waals surface area contributed by atoms with Gasteiger partial charge in [0, 0.05) is 43.3 Å². The van der Waals surface area contributed by atoms with Gasteiger partial charge in [-0.2, -0.15) is 5.10 Å². The number of hydrogen-bond acceptors (Lipinski definition) is 4. The van der Waals surface area contributed by atoms with Crippen LogP contribution in [0.15, 0.2) is 24.0 Å². The number of rotatable bonds is 3. The van der Waals surface area contributed by atoms with Gasteiger partial charge in [0.05, 0.1) is 16.8 Å². The van der Waals surface area contributed by atoms with Crippen LogP contribution >= 0.6 is 11.3 Å². The Balaban J connectivity index is 1.71. The molecule has 0 bridgehead atoms. The summed E-state index contributed by atoms with van der Waals surface area (Å²) in [5.74, 6) is 0.472. The van der Waals surface area contributed by atoms with Crippen LogP contribution in [0.2, 0.25) is 0 Å². The van der Waals surface area contributed by atoms with Crippen LogP contribution in [-0.2, 0) is 6.54 Å². The first-order valence-electron chi connectivity index (χ1n) is 6.99. The molecule has 0 radical (unpaired) electrons. The molecule has 2 aromatic rings. The van der Waals surface area contributed by atoms with E-state index in [0.29, 0.717) is 11.5 Å². The zero-order valence-electron chi connectivity index (χ0n) is 11.5. The van der Waals surface area contributed by atoms with Crippen molar-refractivity contribution in [2.45, 2.75) is 32.2 Å². The van der Waals surface area contributed by atoms with Crippen LogP contribution in [0.1, 0.15) is 41.0 Å². The highest BCUT2D eigenvalue weighted by Crippen LogP contribution is 2.28. The molecular formula is C14H18N4OS. The average Bonchev–Trinajstić information content (AvgIpc) is 3.17. The first-order valence-corrected chi connectivity index (χ1v) is 7.87. The Morgan fingerprint density at radius 1 is 1.55 bits per heavy atom. The van der Waals surface area contributed by atoms with Gasteiger partial charge in [0.1, 0.15) is 0 Å². The Hall–Kier alpha value is -1.69. The van der Waals surface area contributed by atoms with E-state index < -0.39 is 0 Å². The minimum absolute atomic E-state index is 0.0888. The van der Waals surface area contributed by atoms with Gasteiger partial charge in [-0.3, -0.25) is 9.48 Å². The number of hydrogen-bond donors (Lipinski definition) is 0. The van der Waals surface area contributed by atoms with Crippen molar-refractivity contribution in [1.29, 1.82) is 0 Å². The van der Waals surface area contributed by atoms with Crippen molar-refractivity contribution in [3.8, 4) is 0 Å². The molecule has 3 heterocycles. The zero-order valence-corrected chi connectivity index (χ0v) is 12.3. The van der Waals surface area contributed by atoms with Crippen molar-refractivity contribution in [1.82, 2.24) is 19.7 Å². The molecule has 0 N–H and O–H groups in total. The van der Waals surface area contributed by atoms with E-state index in [9.17, 15) is 4.79 Å². The lowest BCUT2D eigenvalue weighted by Crippen LogP contribution is -2.39. The molecule has 0 spiro atoms. The molecule has 1 aliphatic rings. The van der Waals surface area contributed by atoms with Crippen LogP contribution in [0, 0.1) is 0 Å². The molecule has 3 rings (SSSR count). The Morgan fingerprint density at radius 3 is 3.15 bits per heavy atom. The lowest BCUT2D eigenvalue weighted by molar-refractivity contribution is 0.0707. The summed E-state index contributed by atoms with van der Waals surface area (Å²) in [6.07, 6.45) is 7.49. The summed E-state index contributed by atoms with van der Waals surface area (Å²) in [7, 11) is 0. The summed E-state index contributed by atoms with van der Waals surface area (Å²) in [5.41, 5.74) is 0.687. The number of carbonyl (C=O) groups excluding carboxylic acids is 1. The minimum atomic E-state index is 0.0888. The largest absolute Gasteiger partial charge is 0.338 e. The quantitative estimate of drug-likeness (QED) is 0.872. The van der Waals surface area contributed by atoms with Crippen LogP contribution < -0.4 is 0 Å². The third kappa shape index (κ3) is 2.60.